The van der Waals surface area contributed by atoms with Gasteiger partial charge in [-0.2, -0.15) is 0 Å². The van der Waals surface area contributed by atoms with Crippen LogP contribution in [0.2, 0.25) is 0 Å². The number of nitrogens with one attached hydrogen (secondary N) is 1. The number of primary amides is 1. The number of anilines is 1. The van der Waals surface area contributed by atoms with Crippen molar-refractivity contribution in [1.82, 2.24) is 4.90 Å². The number of likely N-dealkylation sites (N-methyl/N-ethyl adjacent to an activating group) is 1. The largest absolute Gasteiger partial charge is 0.366 e. The van der Waals surface area contributed by atoms with Crippen LogP contribution in [0.15, 0.2) is 36.4 Å². The van der Waals surface area contributed by atoms with Crippen molar-refractivity contribution in [3.05, 3.63) is 42.0 Å². The number of rotatable bonds is 5. The highest BCUT2D eigenvalue weighted by molar-refractivity contribution is 6.00. The first-order chi connectivity index (χ1) is 8.49. The summed E-state index contributed by atoms with van der Waals surface area (Å²) >= 11 is 0. The lowest BCUT2D eigenvalue weighted by atomic mass is 10.2. The minimum absolute atomic E-state index is 0.205. The van der Waals surface area contributed by atoms with Gasteiger partial charge in [-0.3, -0.25) is 9.59 Å². The van der Waals surface area contributed by atoms with Gasteiger partial charge in [0.15, 0.2) is 0 Å². The van der Waals surface area contributed by atoms with E-state index in [0.717, 1.165) is 0 Å². The number of hydrogen-bond donors (Lipinski definition) is 2. The van der Waals surface area contributed by atoms with Crippen LogP contribution in [-0.2, 0) is 4.79 Å². The molecule has 3 N–H and O–H groups in total. The van der Waals surface area contributed by atoms with Crippen molar-refractivity contribution in [3.8, 4) is 0 Å². The van der Waals surface area contributed by atoms with E-state index >= 15 is 0 Å². The number of carbonyl (C=O) groups is 2. The van der Waals surface area contributed by atoms with Crippen molar-refractivity contribution in [2.75, 3.05) is 26.0 Å². The lowest BCUT2D eigenvalue weighted by Crippen LogP contribution is -2.13. The second kappa shape index (κ2) is 6.56. The van der Waals surface area contributed by atoms with E-state index in [1.807, 2.05) is 19.0 Å². The van der Waals surface area contributed by atoms with Gasteiger partial charge in [0, 0.05) is 23.9 Å². The molecule has 0 spiro atoms. The molecular weight excluding hydrogens is 230 g/mol. The fourth-order valence-electron chi connectivity index (χ4n) is 1.27. The predicted octanol–water partition coefficient (Wildman–Crippen LogP) is 0.842. The Morgan fingerprint density at radius 2 is 1.89 bits per heavy atom. The highest BCUT2D eigenvalue weighted by atomic mass is 16.1. The minimum Gasteiger partial charge on any atom is -0.366 e. The standard InChI is InChI=1S/C13H17N3O2/c1-16(2)9-3-4-12(17)15-11-7-5-10(6-8-11)13(14)18/h3-8H,9H2,1-2H3,(H2,14,18)(H,15,17). The average Bonchev–Trinajstić information content (AvgIpc) is 2.29. The zero-order chi connectivity index (χ0) is 13.5. The molecule has 1 rings (SSSR count). The van der Waals surface area contributed by atoms with Gasteiger partial charge in [0.1, 0.15) is 0 Å². The molecule has 2 amide bonds. The predicted molar refractivity (Wildman–Crippen MR) is 71.3 cm³/mol. The molecule has 0 aliphatic rings. The minimum atomic E-state index is -0.487. The summed E-state index contributed by atoms with van der Waals surface area (Å²) in [4.78, 5) is 24.3. The number of nitrogens with zero attached hydrogens (tertiary/aromatic N) is 1. The summed E-state index contributed by atoms with van der Waals surface area (Å²) in [6.07, 6.45) is 3.25. The first-order valence-electron chi connectivity index (χ1n) is 5.51. The maximum atomic E-state index is 11.5. The van der Waals surface area contributed by atoms with Gasteiger partial charge in [0.2, 0.25) is 11.8 Å². The molecule has 96 valence electrons. The Morgan fingerprint density at radius 3 is 2.39 bits per heavy atom. The highest BCUT2D eigenvalue weighted by Crippen LogP contribution is 2.08. The van der Waals surface area contributed by atoms with Crippen LogP contribution >= 0.6 is 0 Å². The maximum absolute atomic E-state index is 11.5. The van der Waals surface area contributed by atoms with E-state index in [9.17, 15) is 9.59 Å². The maximum Gasteiger partial charge on any atom is 0.248 e. The molecule has 1 aromatic rings. The zero-order valence-corrected chi connectivity index (χ0v) is 10.5. The Hall–Kier alpha value is -2.14. The molecule has 0 bridgehead atoms. The first kappa shape index (κ1) is 13.9. The van der Waals surface area contributed by atoms with Crippen molar-refractivity contribution >= 4 is 17.5 Å². The molecule has 0 radical (unpaired) electrons. The Kier molecular flexibility index (Phi) is 5.07. The topological polar surface area (TPSA) is 75.4 Å². The molecule has 5 heteroatoms. The zero-order valence-electron chi connectivity index (χ0n) is 10.5. The van der Waals surface area contributed by atoms with Gasteiger partial charge in [-0.15, -0.1) is 0 Å². The van der Waals surface area contributed by atoms with Crippen LogP contribution in [0.1, 0.15) is 10.4 Å². The molecule has 5 nitrogen and oxygen atoms in total. The third-order valence-electron chi connectivity index (χ3n) is 2.18. The number of carbonyl (C=O) groups excluding carboxylic acids is 2. The van der Waals surface area contributed by atoms with E-state index in [-0.39, 0.29) is 5.91 Å². The Balaban J connectivity index is 2.54. The van der Waals surface area contributed by atoms with E-state index in [4.69, 9.17) is 5.73 Å². The number of hydrogen-bond acceptors (Lipinski definition) is 3. The molecule has 0 aliphatic heterocycles. The van der Waals surface area contributed by atoms with Gasteiger partial charge in [-0.05, 0) is 38.4 Å². The van der Waals surface area contributed by atoms with Gasteiger partial charge in [-0.25, -0.2) is 0 Å². The monoisotopic (exact) mass is 247 g/mol. The van der Waals surface area contributed by atoms with Crippen LogP contribution in [0.3, 0.4) is 0 Å². The van der Waals surface area contributed by atoms with Gasteiger partial charge in [0.25, 0.3) is 0 Å². The molecule has 0 aromatic heterocycles. The molecular formula is C13H17N3O2. The van der Waals surface area contributed by atoms with Crippen molar-refractivity contribution in [2.45, 2.75) is 0 Å². The van der Waals surface area contributed by atoms with Crippen LogP contribution in [0.5, 0.6) is 0 Å². The normalized spacial score (nSPS) is 10.8. The number of amides is 2. The summed E-state index contributed by atoms with van der Waals surface area (Å²) in [7, 11) is 3.84. The van der Waals surface area contributed by atoms with E-state index < -0.39 is 5.91 Å². The lowest BCUT2D eigenvalue weighted by Gasteiger charge is -2.05. The molecule has 0 heterocycles. The van der Waals surface area contributed by atoms with E-state index in [0.29, 0.717) is 17.8 Å². The summed E-state index contributed by atoms with van der Waals surface area (Å²) in [5.74, 6) is -0.692. The van der Waals surface area contributed by atoms with Gasteiger partial charge < -0.3 is 16.0 Å². The molecule has 0 atom stereocenters. The van der Waals surface area contributed by atoms with Crippen LogP contribution in [-0.4, -0.2) is 37.4 Å². The second-order valence-corrected chi connectivity index (χ2v) is 4.10. The van der Waals surface area contributed by atoms with Crippen molar-refractivity contribution in [2.24, 2.45) is 5.73 Å². The van der Waals surface area contributed by atoms with Gasteiger partial charge in [0.05, 0.1) is 0 Å². The third kappa shape index (κ3) is 4.80. The van der Waals surface area contributed by atoms with Crippen LogP contribution in [0.25, 0.3) is 0 Å². The summed E-state index contributed by atoms with van der Waals surface area (Å²) in [6, 6.07) is 6.42. The van der Waals surface area contributed by atoms with Crippen LogP contribution in [0.4, 0.5) is 5.69 Å². The van der Waals surface area contributed by atoms with Crippen molar-refractivity contribution < 1.29 is 9.59 Å². The quantitative estimate of drug-likeness (QED) is 0.757. The molecule has 18 heavy (non-hydrogen) atoms. The molecule has 1 aromatic carbocycles. The molecule has 0 fully saturated rings. The molecule has 0 unspecified atom stereocenters. The fraction of sp³-hybridized carbons (Fsp3) is 0.231. The fourth-order valence-corrected chi connectivity index (χ4v) is 1.27. The van der Waals surface area contributed by atoms with Crippen molar-refractivity contribution in [3.63, 3.8) is 0 Å². The summed E-state index contributed by atoms with van der Waals surface area (Å²) in [5.41, 5.74) is 6.15. The molecule has 0 saturated heterocycles. The number of nitrogens with two attached hydrogens (primary N) is 1. The second-order valence-electron chi connectivity index (χ2n) is 4.10. The summed E-state index contributed by atoms with van der Waals surface area (Å²) < 4.78 is 0. The van der Waals surface area contributed by atoms with Crippen molar-refractivity contribution in [1.29, 1.82) is 0 Å². The van der Waals surface area contributed by atoms with Crippen LogP contribution < -0.4 is 11.1 Å². The Labute approximate surface area is 106 Å². The third-order valence-corrected chi connectivity index (χ3v) is 2.18. The van der Waals surface area contributed by atoms with E-state index in [1.165, 1.54) is 6.08 Å². The smallest absolute Gasteiger partial charge is 0.248 e. The van der Waals surface area contributed by atoms with E-state index in [1.54, 1.807) is 30.3 Å². The summed E-state index contributed by atoms with van der Waals surface area (Å²) in [5, 5.41) is 2.69. The molecule has 0 aliphatic carbocycles. The Bertz CT molecular complexity index is 450. The highest BCUT2D eigenvalue weighted by Gasteiger charge is 2.01. The number of benzene rings is 1. The Morgan fingerprint density at radius 1 is 1.28 bits per heavy atom. The summed E-state index contributed by atoms with van der Waals surface area (Å²) in [6.45, 7) is 0.702. The lowest BCUT2D eigenvalue weighted by molar-refractivity contribution is -0.111. The van der Waals surface area contributed by atoms with Crippen LogP contribution in [0, 0.1) is 0 Å². The van der Waals surface area contributed by atoms with Gasteiger partial charge in [-0.1, -0.05) is 6.08 Å². The SMILES string of the molecule is CN(C)CC=CC(=O)Nc1ccc(C(N)=O)cc1. The van der Waals surface area contributed by atoms with E-state index in [2.05, 4.69) is 5.32 Å². The van der Waals surface area contributed by atoms with Gasteiger partial charge >= 0.3 is 0 Å². The molecule has 0 saturated carbocycles. The average molecular weight is 247 g/mol. The first-order valence-corrected chi connectivity index (χ1v) is 5.51.